The van der Waals surface area contributed by atoms with E-state index >= 15 is 0 Å². The van der Waals surface area contributed by atoms with Gasteiger partial charge < -0.3 is 14.9 Å². The summed E-state index contributed by atoms with van der Waals surface area (Å²) in [5.41, 5.74) is 1.86. The minimum Gasteiger partial charge on any atom is -0.504 e. The first-order valence-electron chi connectivity index (χ1n) is 5.26. The van der Waals surface area contributed by atoms with Gasteiger partial charge in [-0.15, -0.1) is 0 Å². The molecule has 0 atom stereocenters. The van der Waals surface area contributed by atoms with E-state index in [1.54, 1.807) is 18.2 Å². The van der Waals surface area contributed by atoms with Crippen LogP contribution in [0.5, 0.6) is 11.5 Å². The summed E-state index contributed by atoms with van der Waals surface area (Å²) in [5, 5.41) is 18.6. The maximum Gasteiger partial charge on any atom is 0.161 e. The molecule has 3 heteroatoms. The van der Waals surface area contributed by atoms with Crippen molar-refractivity contribution in [3.63, 3.8) is 0 Å². The minimum absolute atomic E-state index is 0.0425. The first-order chi connectivity index (χ1) is 7.58. The predicted molar refractivity (Wildman–Crippen MR) is 64.6 cm³/mol. The Balaban J connectivity index is 3.05. The molecule has 0 spiro atoms. The van der Waals surface area contributed by atoms with Gasteiger partial charge in [0.2, 0.25) is 0 Å². The Hall–Kier alpha value is -1.48. The van der Waals surface area contributed by atoms with Crippen LogP contribution >= 0.6 is 0 Å². The molecule has 0 saturated heterocycles. The van der Waals surface area contributed by atoms with Crippen molar-refractivity contribution in [2.24, 2.45) is 5.92 Å². The van der Waals surface area contributed by atoms with Gasteiger partial charge in [-0.25, -0.2) is 0 Å². The summed E-state index contributed by atoms with van der Waals surface area (Å²) in [7, 11) is 1.51. The van der Waals surface area contributed by atoms with Crippen LogP contribution in [0.4, 0.5) is 0 Å². The second-order valence-corrected chi connectivity index (χ2v) is 3.96. The third kappa shape index (κ3) is 3.00. The molecule has 0 amide bonds. The van der Waals surface area contributed by atoms with E-state index in [0.29, 0.717) is 11.7 Å². The van der Waals surface area contributed by atoms with Gasteiger partial charge in [0.15, 0.2) is 11.5 Å². The van der Waals surface area contributed by atoms with Gasteiger partial charge in [-0.3, -0.25) is 0 Å². The number of rotatable bonds is 4. The Kier molecular flexibility index (Phi) is 4.38. The van der Waals surface area contributed by atoms with Crippen molar-refractivity contribution in [1.29, 1.82) is 0 Å². The number of aliphatic hydroxyl groups is 1. The van der Waals surface area contributed by atoms with Gasteiger partial charge in [0, 0.05) is 0 Å². The van der Waals surface area contributed by atoms with Crippen molar-refractivity contribution in [1.82, 2.24) is 0 Å². The lowest BCUT2D eigenvalue weighted by Gasteiger charge is -2.09. The van der Waals surface area contributed by atoms with Gasteiger partial charge in [0.05, 0.1) is 13.7 Å². The quantitative estimate of drug-likeness (QED) is 0.822. The largest absolute Gasteiger partial charge is 0.504 e. The SMILES string of the molecule is COc1cc(C=C(CO)C(C)C)ccc1O. The average molecular weight is 222 g/mol. The van der Waals surface area contributed by atoms with E-state index in [9.17, 15) is 10.2 Å². The highest BCUT2D eigenvalue weighted by Crippen LogP contribution is 2.27. The zero-order valence-corrected chi connectivity index (χ0v) is 9.90. The molecule has 0 aliphatic heterocycles. The van der Waals surface area contributed by atoms with Crippen LogP contribution in [0.3, 0.4) is 0 Å². The maximum atomic E-state index is 9.44. The Bertz CT molecular complexity index is 381. The van der Waals surface area contributed by atoms with E-state index < -0.39 is 0 Å². The fourth-order valence-corrected chi connectivity index (χ4v) is 1.39. The van der Waals surface area contributed by atoms with Crippen molar-refractivity contribution >= 4 is 6.08 Å². The van der Waals surface area contributed by atoms with Gasteiger partial charge >= 0.3 is 0 Å². The van der Waals surface area contributed by atoms with E-state index in [0.717, 1.165) is 11.1 Å². The van der Waals surface area contributed by atoms with E-state index in [1.165, 1.54) is 7.11 Å². The van der Waals surface area contributed by atoms with Gasteiger partial charge in [-0.2, -0.15) is 0 Å². The molecule has 1 aromatic carbocycles. The van der Waals surface area contributed by atoms with Crippen LogP contribution in [-0.4, -0.2) is 23.9 Å². The van der Waals surface area contributed by atoms with Gasteiger partial charge in [-0.05, 0) is 29.2 Å². The number of phenols is 1. The number of aromatic hydroxyl groups is 1. The summed E-state index contributed by atoms with van der Waals surface area (Å²) in [6.07, 6.45) is 1.91. The smallest absolute Gasteiger partial charge is 0.161 e. The van der Waals surface area contributed by atoms with Gasteiger partial charge in [0.1, 0.15) is 0 Å². The number of aliphatic hydroxyl groups excluding tert-OH is 1. The molecule has 16 heavy (non-hydrogen) atoms. The van der Waals surface area contributed by atoms with Crippen LogP contribution in [0, 0.1) is 5.92 Å². The summed E-state index contributed by atoms with van der Waals surface area (Å²) in [6, 6.07) is 5.11. The summed E-state index contributed by atoms with van der Waals surface area (Å²) in [6.45, 7) is 4.10. The van der Waals surface area contributed by atoms with Crippen LogP contribution < -0.4 is 4.74 Å². The second kappa shape index (κ2) is 5.56. The van der Waals surface area contributed by atoms with Crippen molar-refractivity contribution in [3.05, 3.63) is 29.3 Å². The van der Waals surface area contributed by atoms with Crippen LogP contribution in [0.1, 0.15) is 19.4 Å². The zero-order valence-electron chi connectivity index (χ0n) is 9.90. The number of benzene rings is 1. The highest BCUT2D eigenvalue weighted by Gasteiger charge is 2.04. The number of hydrogen-bond acceptors (Lipinski definition) is 3. The lowest BCUT2D eigenvalue weighted by Crippen LogP contribution is -1.98. The highest BCUT2D eigenvalue weighted by atomic mass is 16.5. The van der Waals surface area contributed by atoms with Gasteiger partial charge in [0.25, 0.3) is 0 Å². The third-order valence-electron chi connectivity index (χ3n) is 2.48. The van der Waals surface area contributed by atoms with Gasteiger partial charge in [-0.1, -0.05) is 26.0 Å². The Morgan fingerprint density at radius 1 is 1.44 bits per heavy atom. The monoisotopic (exact) mass is 222 g/mol. The first-order valence-corrected chi connectivity index (χ1v) is 5.26. The topological polar surface area (TPSA) is 49.7 Å². The Morgan fingerprint density at radius 2 is 2.12 bits per heavy atom. The van der Waals surface area contributed by atoms with Crippen molar-refractivity contribution in [3.8, 4) is 11.5 Å². The lowest BCUT2D eigenvalue weighted by atomic mass is 10.0. The summed E-state index contributed by atoms with van der Waals surface area (Å²) in [5.74, 6) is 0.856. The molecule has 0 radical (unpaired) electrons. The molecule has 3 nitrogen and oxygen atoms in total. The van der Waals surface area contributed by atoms with E-state index in [4.69, 9.17) is 4.74 Å². The fraction of sp³-hybridized carbons (Fsp3) is 0.385. The minimum atomic E-state index is 0.0425. The lowest BCUT2D eigenvalue weighted by molar-refractivity contribution is 0.320. The third-order valence-corrected chi connectivity index (χ3v) is 2.48. The predicted octanol–water partition coefficient (Wildman–Crippen LogP) is 2.43. The van der Waals surface area contributed by atoms with Crippen molar-refractivity contribution in [2.45, 2.75) is 13.8 Å². The number of ether oxygens (including phenoxy) is 1. The van der Waals surface area contributed by atoms with Crippen molar-refractivity contribution < 1.29 is 14.9 Å². The van der Waals surface area contributed by atoms with Crippen molar-refractivity contribution in [2.75, 3.05) is 13.7 Å². The fourth-order valence-electron chi connectivity index (χ4n) is 1.39. The molecule has 0 aromatic heterocycles. The molecule has 0 aliphatic rings. The van der Waals surface area contributed by atoms with E-state index in [1.807, 2.05) is 19.9 Å². The summed E-state index contributed by atoms with van der Waals surface area (Å²) < 4.78 is 5.02. The molecule has 2 N–H and O–H groups in total. The molecule has 0 heterocycles. The number of methoxy groups -OCH3 is 1. The van der Waals surface area contributed by atoms with Crippen LogP contribution in [0.2, 0.25) is 0 Å². The molecule has 0 unspecified atom stereocenters. The molecule has 1 rings (SSSR count). The molecule has 88 valence electrons. The molecule has 0 aliphatic carbocycles. The molecule has 1 aromatic rings. The molecule has 0 saturated carbocycles. The molecule has 0 bridgehead atoms. The average Bonchev–Trinajstić information content (AvgIpc) is 2.27. The summed E-state index contributed by atoms with van der Waals surface area (Å²) in [4.78, 5) is 0. The van der Waals surface area contributed by atoms with Crippen LogP contribution in [0.15, 0.2) is 23.8 Å². The summed E-state index contributed by atoms with van der Waals surface area (Å²) >= 11 is 0. The maximum absolute atomic E-state index is 9.44. The highest BCUT2D eigenvalue weighted by molar-refractivity contribution is 5.58. The van der Waals surface area contributed by atoms with E-state index in [-0.39, 0.29) is 12.4 Å². The molecular weight excluding hydrogens is 204 g/mol. The van der Waals surface area contributed by atoms with Crippen LogP contribution in [-0.2, 0) is 0 Å². The van der Waals surface area contributed by atoms with E-state index in [2.05, 4.69) is 0 Å². The number of phenolic OH excluding ortho intramolecular Hbond substituents is 1. The zero-order chi connectivity index (χ0) is 12.1. The Morgan fingerprint density at radius 3 is 2.62 bits per heavy atom. The normalized spacial score (nSPS) is 11.9. The number of hydrogen-bond donors (Lipinski definition) is 2. The molecular formula is C13H18O3. The standard InChI is InChI=1S/C13H18O3/c1-9(2)11(8-14)6-10-4-5-12(15)13(7-10)16-3/h4-7,9,14-15H,8H2,1-3H3. The Labute approximate surface area is 96.0 Å². The first kappa shape index (κ1) is 12.6. The molecule has 0 fully saturated rings. The second-order valence-electron chi connectivity index (χ2n) is 3.96. The van der Waals surface area contributed by atoms with Crippen LogP contribution in [0.25, 0.3) is 6.08 Å².